The summed E-state index contributed by atoms with van der Waals surface area (Å²) in [5, 5.41) is 10.2. The first-order valence-corrected chi connectivity index (χ1v) is 7.17. The summed E-state index contributed by atoms with van der Waals surface area (Å²) in [4.78, 5) is 10.9. The number of aromatic nitrogens is 1. The summed E-state index contributed by atoms with van der Waals surface area (Å²) in [6.45, 7) is 0. The number of carbonyl (C=O) groups is 1. The van der Waals surface area contributed by atoms with Crippen molar-refractivity contribution in [2.45, 2.75) is 18.9 Å². The van der Waals surface area contributed by atoms with Crippen molar-refractivity contribution in [3.05, 3.63) is 60.3 Å². The van der Waals surface area contributed by atoms with E-state index in [-0.39, 0.29) is 0 Å². The van der Waals surface area contributed by atoms with Gasteiger partial charge in [0, 0.05) is 23.1 Å². The van der Waals surface area contributed by atoms with Gasteiger partial charge in [0.15, 0.2) is 0 Å². The molecule has 0 aliphatic heterocycles. The standard InChI is InChI=1S/C18H15NO2/c20-18(21)13-6-4-12(5-7-13)15-2-1-3-17-16(15)10-11-19(17)14-8-9-14/h1-7,10-11,14H,8-9H2,(H,20,21). The molecule has 4 rings (SSSR count). The highest BCUT2D eigenvalue weighted by molar-refractivity contribution is 5.96. The molecule has 1 aliphatic rings. The number of hydrogen-bond acceptors (Lipinski definition) is 1. The Hall–Kier alpha value is -2.55. The van der Waals surface area contributed by atoms with E-state index >= 15 is 0 Å². The number of aromatic carboxylic acids is 1. The lowest BCUT2D eigenvalue weighted by atomic mass is 10.0. The van der Waals surface area contributed by atoms with Crippen molar-refractivity contribution in [3.63, 3.8) is 0 Å². The molecule has 1 saturated carbocycles. The molecule has 3 aromatic rings. The first-order chi connectivity index (χ1) is 10.2. The highest BCUT2D eigenvalue weighted by Crippen LogP contribution is 2.39. The monoisotopic (exact) mass is 277 g/mol. The molecule has 2 aromatic carbocycles. The van der Waals surface area contributed by atoms with Gasteiger partial charge in [-0.15, -0.1) is 0 Å². The Bertz CT molecular complexity index is 826. The van der Waals surface area contributed by atoms with E-state index in [1.165, 1.54) is 23.7 Å². The summed E-state index contributed by atoms with van der Waals surface area (Å²) in [5.74, 6) is -0.889. The van der Waals surface area contributed by atoms with E-state index in [0.29, 0.717) is 11.6 Å². The number of nitrogens with zero attached hydrogens (tertiary/aromatic N) is 1. The molecule has 0 amide bonds. The average molecular weight is 277 g/mol. The summed E-state index contributed by atoms with van der Waals surface area (Å²) in [6.07, 6.45) is 4.69. The summed E-state index contributed by atoms with van der Waals surface area (Å²) in [5.41, 5.74) is 3.79. The number of carboxylic acids is 1. The normalized spacial score (nSPS) is 14.5. The summed E-state index contributed by atoms with van der Waals surface area (Å²) in [6, 6.07) is 16.2. The fourth-order valence-electron chi connectivity index (χ4n) is 2.90. The molecule has 3 nitrogen and oxygen atoms in total. The molecule has 1 N–H and O–H groups in total. The number of benzene rings is 2. The van der Waals surface area contributed by atoms with Crippen molar-refractivity contribution < 1.29 is 9.90 Å². The van der Waals surface area contributed by atoms with Crippen LogP contribution in [0.1, 0.15) is 29.2 Å². The van der Waals surface area contributed by atoms with Crippen LogP contribution in [-0.4, -0.2) is 15.6 Å². The van der Waals surface area contributed by atoms with Gasteiger partial charge in [-0.2, -0.15) is 0 Å². The van der Waals surface area contributed by atoms with Crippen LogP contribution < -0.4 is 0 Å². The molecular formula is C18H15NO2. The van der Waals surface area contributed by atoms with E-state index in [2.05, 4.69) is 35.0 Å². The largest absolute Gasteiger partial charge is 0.478 e. The van der Waals surface area contributed by atoms with E-state index in [0.717, 1.165) is 11.1 Å². The molecule has 21 heavy (non-hydrogen) atoms. The van der Waals surface area contributed by atoms with Gasteiger partial charge in [-0.3, -0.25) is 0 Å². The van der Waals surface area contributed by atoms with Crippen LogP contribution in [-0.2, 0) is 0 Å². The molecule has 1 aromatic heterocycles. The van der Waals surface area contributed by atoms with Gasteiger partial charge >= 0.3 is 5.97 Å². The van der Waals surface area contributed by atoms with Crippen LogP contribution >= 0.6 is 0 Å². The minimum atomic E-state index is -0.889. The molecule has 0 atom stereocenters. The van der Waals surface area contributed by atoms with Gasteiger partial charge in [0.25, 0.3) is 0 Å². The molecule has 0 radical (unpaired) electrons. The molecule has 0 spiro atoms. The molecule has 0 bridgehead atoms. The fourth-order valence-corrected chi connectivity index (χ4v) is 2.90. The van der Waals surface area contributed by atoms with E-state index in [9.17, 15) is 4.79 Å². The molecule has 0 saturated heterocycles. The highest BCUT2D eigenvalue weighted by atomic mass is 16.4. The zero-order valence-electron chi connectivity index (χ0n) is 11.5. The maximum atomic E-state index is 10.9. The number of carboxylic acid groups (broad SMARTS) is 1. The molecular weight excluding hydrogens is 262 g/mol. The van der Waals surface area contributed by atoms with Gasteiger partial charge in [0.2, 0.25) is 0 Å². The third-order valence-electron chi connectivity index (χ3n) is 4.15. The predicted octanol–water partition coefficient (Wildman–Crippen LogP) is 4.34. The molecule has 1 fully saturated rings. The Labute approximate surface area is 122 Å². The van der Waals surface area contributed by atoms with Gasteiger partial charge in [-0.25, -0.2) is 4.79 Å². The van der Waals surface area contributed by atoms with Crippen molar-refractivity contribution in [3.8, 4) is 11.1 Å². The van der Waals surface area contributed by atoms with Gasteiger partial charge in [0.05, 0.1) is 5.56 Å². The van der Waals surface area contributed by atoms with E-state index in [4.69, 9.17) is 5.11 Å². The highest BCUT2D eigenvalue weighted by Gasteiger charge is 2.24. The first-order valence-electron chi connectivity index (χ1n) is 7.17. The lowest BCUT2D eigenvalue weighted by molar-refractivity contribution is 0.0697. The number of hydrogen-bond donors (Lipinski definition) is 1. The zero-order valence-corrected chi connectivity index (χ0v) is 11.5. The number of fused-ring (bicyclic) bond motifs is 1. The minimum absolute atomic E-state index is 0.321. The van der Waals surface area contributed by atoms with Crippen LogP contribution in [0.25, 0.3) is 22.0 Å². The lowest BCUT2D eigenvalue weighted by Crippen LogP contribution is -1.95. The first kappa shape index (κ1) is 12.2. The second-order valence-corrected chi connectivity index (χ2v) is 5.58. The summed E-state index contributed by atoms with van der Waals surface area (Å²) >= 11 is 0. The van der Waals surface area contributed by atoms with Crippen LogP contribution in [0, 0.1) is 0 Å². The van der Waals surface area contributed by atoms with E-state index in [1.54, 1.807) is 12.1 Å². The van der Waals surface area contributed by atoms with Crippen LogP contribution in [0.5, 0.6) is 0 Å². The van der Waals surface area contributed by atoms with E-state index < -0.39 is 5.97 Å². The Kier molecular flexibility index (Phi) is 2.61. The topological polar surface area (TPSA) is 42.2 Å². The summed E-state index contributed by atoms with van der Waals surface area (Å²) < 4.78 is 2.35. The van der Waals surface area contributed by atoms with Gasteiger partial charge in [-0.05, 0) is 48.2 Å². The second kappa shape index (κ2) is 4.48. The van der Waals surface area contributed by atoms with Crippen molar-refractivity contribution in [1.82, 2.24) is 4.57 Å². The maximum Gasteiger partial charge on any atom is 0.335 e. The SMILES string of the molecule is O=C(O)c1ccc(-c2cccc3c2ccn3C2CC2)cc1. The maximum absolute atomic E-state index is 10.9. The fraction of sp³-hybridized carbons (Fsp3) is 0.167. The molecule has 104 valence electrons. The van der Waals surface area contributed by atoms with Crippen LogP contribution in [0.2, 0.25) is 0 Å². The van der Waals surface area contributed by atoms with Crippen LogP contribution in [0.15, 0.2) is 54.7 Å². The Balaban J connectivity index is 1.84. The molecule has 1 aliphatic carbocycles. The Morgan fingerprint density at radius 2 is 1.81 bits per heavy atom. The van der Waals surface area contributed by atoms with Crippen molar-refractivity contribution in [1.29, 1.82) is 0 Å². The molecule has 0 unspecified atom stereocenters. The molecule has 1 heterocycles. The zero-order chi connectivity index (χ0) is 14.4. The Morgan fingerprint density at radius 3 is 2.48 bits per heavy atom. The average Bonchev–Trinajstić information content (AvgIpc) is 3.26. The van der Waals surface area contributed by atoms with Crippen LogP contribution in [0.3, 0.4) is 0 Å². The third kappa shape index (κ3) is 2.02. The summed E-state index contributed by atoms with van der Waals surface area (Å²) in [7, 11) is 0. The van der Waals surface area contributed by atoms with Crippen LogP contribution in [0.4, 0.5) is 0 Å². The lowest BCUT2D eigenvalue weighted by Gasteiger charge is -2.07. The Morgan fingerprint density at radius 1 is 1.05 bits per heavy atom. The smallest absolute Gasteiger partial charge is 0.335 e. The van der Waals surface area contributed by atoms with Crippen molar-refractivity contribution in [2.75, 3.05) is 0 Å². The second-order valence-electron chi connectivity index (χ2n) is 5.58. The van der Waals surface area contributed by atoms with Crippen molar-refractivity contribution in [2.24, 2.45) is 0 Å². The van der Waals surface area contributed by atoms with E-state index in [1.807, 2.05) is 12.1 Å². The predicted molar refractivity (Wildman–Crippen MR) is 82.6 cm³/mol. The van der Waals surface area contributed by atoms with Gasteiger partial charge in [0.1, 0.15) is 0 Å². The van der Waals surface area contributed by atoms with Gasteiger partial charge in [-0.1, -0.05) is 24.3 Å². The van der Waals surface area contributed by atoms with Crippen molar-refractivity contribution >= 4 is 16.9 Å². The minimum Gasteiger partial charge on any atom is -0.478 e. The third-order valence-corrected chi connectivity index (χ3v) is 4.15. The molecule has 3 heteroatoms. The number of rotatable bonds is 3. The quantitative estimate of drug-likeness (QED) is 0.773. The van der Waals surface area contributed by atoms with Gasteiger partial charge < -0.3 is 9.67 Å².